The molecular formula is C16H21N3O. The molecule has 0 amide bonds. The zero-order valence-electron chi connectivity index (χ0n) is 11.8. The van der Waals surface area contributed by atoms with Gasteiger partial charge >= 0.3 is 0 Å². The van der Waals surface area contributed by atoms with Crippen LogP contribution < -0.4 is 5.73 Å². The molecule has 4 heteroatoms. The smallest absolute Gasteiger partial charge is 0.142 e. The van der Waals surface area contributed by atoms with E-state index in [-0.39, 0.29) is 11.8 Å². The molecule has 0 aliphatic rings. The van der Waals surface area contributed by atoms with Crippen LogP contribution in [0.5, 0.6) is 0 Å². The molecule has 1 aromatic carbocycles. The van der Waals surface area contributed by atoms with Gasteiger partial charge in [0.15, 0.2) is 0 Å². The maximum atomic E-state index is 12.1. The van der Waals surface area contributed by atoms with Gasteiger partial charge in [0.2, 0.25) is 0 Å². The quantitative estimate of drug-likeness (QED) is 0.841. The van der Waals surface area contributed by atoms with Gasteiger partial charge < -0.3 is 10.3 Å². The molecule has 0 saturated heterocycles. The lowest BCUT2D eigenvalue weighted by Crippen LogP contribution is -2.18. The Morgan fingerprint density at radius 2 is 2.10 bits per heavy atom. The van der Waals surface area contributed by atoms with Crippen LogP contribution in [-0.2, 0) is 17.8 Å². The molecule has 20 heavy (non-hydrogen) atoms. The van der Waals surface area contributed by atoms with Gasteiger partial charge in [-0.1, -0.05) is 37.3 Å². The largest absolute Gasteiger partial charge is 0.335 e. The lowest BCUT2D eigenvalue weighted by molar-refractivity contribution is -0.118. The van der Waals surface area contributed by atoms with Gasteiger partial charge in [-0.15, -0.1) is 0 Å². The van der Waals surface area contributed by atoms with E-state index in [0.717, 1.165) is 24.4 Å². The molecular weight excluding hydrogens is 250 g/mol. The van der Waals surface area contributed by atoms with E-state index in [0.29, 0.717) is 12.8 Å². The predicted molar refractivity (Wildman–Crippen MR) is 79.2 cm³/mol. The van der Waals surface area contributed by atoms with E-state index in [9.17, 15) is 4.79 Å². The highest BCUT2D eigenvalue weighted by molar-refractivity contribution is 5.80. The lowest BCUT2D eigenvalue weighted by atomic mass is 10.0. The van der Waals surface area contributed by atoms with Crippen molar-refractivity contribution in [2.45, 2.75) is 38.8 Å². The van der Waals surface area contributed by atoms with E-state index in [2.05, 4.69) is 11.9 Å². The Balaban J connectivity index is 1.94. The lowest BCUT2D eigenvalue weighted by Gasteiger charge is -2.11. The molecule has 0 bridgehead atoms. The van der Waals surface area contributed by atoms with Crippen molar-refractivity contribution in [2.75, 3.05) is 0 Å². The van der Waals surface area contributed by atoms with Crippen molar-refractivity contribution in [3.05, 3.63) is 54.1 Å². The summed E-state index contributed by atoms with van der Waals surface area (Å²) in [7, 11) is 0. The Kier molecular flexibility index (Phi) is 5.07. The standard InChI is InChI=1S/C16H21N3O/c1-2-9-19-10-8-18-16(19)12-14(20)11-15(17)13-6-4-3-5-7-13/h3-8,10,15H,2,9,11-12,17H2,1H3. The fraction of sp³-hybridized carbons (Fsp3) is 0.375. The summed E-state index contributed by atoms with van der Waals surface area (Å²) in [5.74, 6) is 0.960. The zero-order valence-corrected chi connectivity index (χ0v) is 11.8. The van der Waals surface area contributed by atoms with E-state index in [4.69, 9.17) is 5.73 Å². The number of imidazole rings is 1. The average molecular weight is 271 g/mol. The molecule has 0 aliphatic heterocycles. The topological polar surface area (TPSA) is 60.9 Å². The van der Waals surface area contributed by atoms with Crippen LogP contribution in [0.2, 0.25) is 0 Å². The highest BCUT2D eigenvalue weighted by Crippen LogP contribution is 2.15. The number of nitrogens with two attached hydrogens (primary N) is 1. The Hall–Kier alpha value is -1.94. The van der Waals surface area contributed by atoms with Gasteiger partial charge in [0.25, 0.3) is 0 Å². The first-order chi connectivity index (χ1) is 9.70. The monoisotopic (exact) mass is 271 g/mol. The number of hydrogen-bond donors (Lipinski definition) is 1. The molecule has 4 nitrogen and oxygen atoms in total. The predicted octanol–water partition coefficient (Wildman–Crippen LogP) is 2.49. The Labute approximate surface area is 119 Å². The summed E-state index contributed by atoms with van der Waals surface area (Å²) in [4.78, 5) is 16.4. The number of hydrogen-bond acceptors (Lipinski definition) is 3. The van der Waals surface area contributed by atoms with E-state index in [1.807, 2.05) is 41.1 Å². The van der Waals surface area contributed by atoms with Crippen LogP contribution in [0.3, 0.4) is 0 Å². The van der Waals surface area contributed by atoms with Crippen LogP contribution in [0, 0.1) is 0 Å². The van der Waals surface area contributed by atoms with Gasteiger partial charge in [-0.2, -0.15) is 0 Å². The molecule has 0 radical (unpaired) electrons. The van der Waals surface area contributed by atoms with Crippen LogP contribution in [0.1, 0.15) is 37.2 Å². The molecule has 2 rings (SSSR count). The van der Waals surface area contributed by atoms with Gasteiger partial charge in [-0.3, -0.25) is 4.79 Å². The minimum Gasteiger partial charge on any atom is -0.335 e. The van der Waals surface area contributed by atoms with E-state index < -0.39 is 0 Å². The third kappa shape index (κ3) is 3.78. The van der Waals surface area contributed by atoms with E-state index in [1.165, 1.54) is 0 Å². The van der Waals surface area contributed by atoms with Crippen molar-refractivity contribution >= 4 is 5.78 Å². The van der Waals surface area contributed by atoms with Crippen molar-refractivity contribution in [1.29, 1.82) is 0 Å². The van der Waals surface area contributed by atoms with Crippen molar-refractivity contribution < 1.29 is 4.79 Å². The highest BCUT2D eigenvalue weighted by atomic mass is 16.1. The SMILES string of the molecule is CCCn1ccnc1CC(=O)CC(N)c1ccccc1. The first-order valence-electron chi connectivity index (χ1n) is 7.03. The summed E-state index contributed by atoms with van der Waals surface area (Å²) in [6, 6.07) is 9.49. The normalized spacial score (nSPS) is 12.3. The Morgan fingerprint density at radius 1 is 1.35 bits per heavy atom. The van der Waals surface area contributed by atoms with Gasteiger partial charge in [0, 0.05) is 31.4 Å². The number of ketones is 1. The first-order valence-corrected chi connectivity index (χ1v) is 7.03. The summed E-state index contributed by atoms with van der Waals surface area (Å²) in [5, 5.41) is 0. The summed E-state index contributed by atoms with van der Waals surface area (Å²) in [5.41, 5.74) is 7.07. The van der Waals surface area contributed by atoms with Crippen LogP contribution in [0.4, 0.5) is 0 Å². The second-order valence-electron chi connectivity index (χ2n) is 4.97. The maximum absolute atomic E-state index is 12.1. The number of carbonyl (C=O) groups excluding carboxylic acids is 1. The van der Waals surface area contributed by atoms with Crippen LogP contribution in [-0.4, -0.2) is 15.3 Å². The molecule has 1 aromatic heterocycles. The number of rotatable bonds is 7. The van der Waals surface area contributed by atoms with Crippen molar-refractivity contribution in [3.8, 4) is 0 Å². The second-order valence-corrected chi connectivity index (χ2v) is 4.97. The maximum Gasteiger partial charge on any atom is 0.142 e. The molecule has 2 N–H and O–H groups in total. The number of aromatic nitrogens is 2. The van der Waals surface area contributed by atoms with Gasteiger partial charge in [-0.25, -0.2) is 4.98 Å². The summed E-state index contributed by atoms with van der Waals surface area (Å²) >= 11 is 0. The van der Waals surface area contributed by atoms with E-state index in [1.54, 1.807) is 6.20 Å². The molecule has 2 aromatic rings. The molecule has 0 spiro atoms. The molecule has 0 aliphatic carbocycles. The van der Waals surface area contributed by atoms with Crippen molar-refractivity contribution in [1.82, 2.24) is 9.55 Å². The molecule has 1 unspecified atom stereocenters. The summed E-state index contributed by atoms with van der Waals surface area (Å²) in [6.45, 7) is 3.00. The van der Waals surface area contributed by atoms with E-state index >= 15 is 0 Å². The molecule has 106 valence electrons. The highest BCUT2D eigenvalue weighted by Gasteiger charge is 2.14. The summed E-state index contributed by atoms with van der Waals surface area (Å²) < 4.78 is 2.03. The van der Waals surface area contributed by atoms with Gasteiger partial charge in [-0.05, 0) is 12.0 Å². The minimum atomic E-state index is -0.238. The third-order valence-corrected chi connectivity index (χ3v) is 3.30. The van der Waals surface area contributed by atoms with Crippen LogP contribution >= 0.6 is 0 Å². The fourth-order valence-electron chi connectivity index (χ4n) is 2.26. The van der Waals surface area contributed by atoms with Crippen LogP contribution in [0.25, 0.3) is 0 Å². The molecule has 0 fully saturated rings. The first kappa shape index (κ1) is 14.5. The van der Waals surface area contributed by atoms with Gasteiger partial charge in [0.05, 0.1) is 6.42 Å². The Morgan fingerprint density at radius 3 is 2.80 bits per heavy atom. The zero-order chi connectivity index (χ0) is 14.4. The number of benzene rings is 1. The second kappa shape index (κ2) is 7.01. The number of carbonyl (C=O) groups is 1. The number of nitrogens with zero attached hydrogens (tertiary/aromatic N) is 2. The number of aryl methyl sites for hydroxylation is 1. The number of Topliss-reactive ketones (excluding diaryl/α,β-unsaturated/α-hetero) is 1. The fourth-order valence-corrected chi connectivity index (χ4v) is 2.26. The van der Waals surface area contributed by atoms with Crippen LogP contribution in [0.15, 0.2) is 42.7 Å². The molecule has 1 heterocycles. The molecule has 1 atom stereocenters. The molecule has 0 saturated carbocycles. The summed E-state index contributed by atoms with van der Waals surface area (Å²) in [6.07, 6.45) is 5.40. The van der Waals surface area contributed by atoms with Crippen molar-refractivity contribution in [2.24, 2.45) is 5.73 Å². The Bertz CT molecular complexity index is 548. The van der Waals surface area contributed by atoms with Gasteiger partial charge in [0.1, 0.15) is 11.6 Å². The third-order valence-electron chi connectivity index (χ3n) is 3.30. The van der Waals surface area contributed by atoms with Crippen molar-refractivity contribution in [3.63, 3.8) is 0 Å². The minimum absolute atomic E-state index is 0.130. The average Bonchev–Trinajstić information content (AvgIpc) is 2.87.